The van der Waals surface area contributed by atoms with Gasteiger partial charge in [0.15, 0.2) is 5.57 Å². The number of thiazole rings is 1. The van der Waals surface area contributed by atoms with Gasteiger partial charge in [-0.2, -0.15) is 5.26 Å². The molecule has 0 aliphatic heterocycles. The minimum absolute atomic E-state index is 0.107. The van der Waals surface area contributed by atoms with Gasteiger partial charge >= 0.3 is 0 Å². The summed E-state index contributed by atoms with van der Waals surface area (Å²) in [6.45, 7) is 0. The van der Waals surface area contributed by atoms with E-state index in [1.165, 1.54) is 11.6 Å². The summed E-state index contributed by atoms with van der Waals surface area (Å²) in [6, 6.07) is 14.4. The van der Waals surface area contributed by atoms with Crippen LogP contribution in [-0.4, -0.2) is 22.5 Å². The van der Waals surface area contributed by atoms with Crippen molar-refractivity contribution < 1.29 is 4.79 Å². The number of carbonyl (C=O) groups is 1. The minimum Gasteiger partial charge on any atom is -0.354 e. The van der Waals surface area contributed by atoms with E-state index in [2.05, 4.69) is 10.3 Å². The summed E-state index contributed by atoms with van der Waals surface area (Å²) in [5.74, 6) is -0.536. The first-order valence-corrected chi connectivity index (χ1v) is 8.53. The van der Waals surface area contributed by atoms with E-state index in [4.69, 9.17) is 0 Å². The van der Waals surface area contributed by atoms with Gasteiger partial charge in [0.05, 0.1) is 10.2 Å². The van der Waals surface area contributed by atoms with Crippen molar-refractivity contribution in [2.45, 2.75) is 0 Å². The number of carbonyl (C=O) groups excluding carboxylic acids is 1. The molecule has 2 aromatic heterocycles. The summed E-state index contributed by atoms with van der Waals surface area (Å²) in [5, 5.41) is 11.9. The summed E-state index contributed by atoms with van der Waals surface area (Å²) in [6.07, 6.45) is 4.98. The fourth-order valence-electron chi connectivity index (χ4n) is 2.39. The summed E-state index contributed by atoms with van der Waals surface area (Å²) in [4.78, 5) is 29.1. The molecule has 26 heavy (non-hydrogen) atoms. The molecule has 1 amide bonds. The summed E-state index contributed by atoms with van der Waals surface area (Å²) < 4.78 is 2.09. The van der Waals surface area contributed by atoms with Crippen molar-refractivity contribution >= 4 is 28.9 Å². The lowest BCUT2D eigenvalue weighted by Crippen LogP contribution is -2.33. The number of nitriles is 1. The molecule has 3 rings (SSSR count). The molecule has 0 unspecified atom stereocenters. The normalized spacial score (nSPS) is 12.4. The second-order valence-electron chi connectivity index (χ2n) is 5.24. The highest BCUT2D eigenvalue weighted by Gasteiger charge is 2.15. The highest BCUT2D eigenvalue weighted by Crippen LogP contribution is 2.03. The second-order valence-corrected chi connectivity index (χ2v) is 6.27. The Morgan fingerprint density at radius 3 is 2.65 bits per heavy atom. The molecule has 0 spiro atoms. The average Bonchev–Trinajstić information content (AvgIpc) is 2.99. The third kappa shape index (κ3) is 3.31. The van der Waals surface area contributed by atoms with E-state index in [9.17, 15) is 14.9 Å². The Morgan fingerprint density at radius 2 is 2.04 bits per heavy atom. The van der Waals surface area contributed by atoms with Crippen LogP contribution in [0.4, 0.5) is 0 Å². The first-order chi connectivity index (χ1) is 12.7. The van der Waals surface area contributed by atoms with Crippen LogP contribution in [0.25, 0.3) is 17.3 Å². The van der Waals surface area contributed by atoms with E-state index in [1.807, 2.05) is 18.2 Å². The SMILES string of the molecule is CNC(=O)C(C#N)=c1sc(=Cc2cccnc2)c(=O)n1-c1ccccc1. The number of rotatable bonds is 3. The van der Waals surface area contributed by atoms with E-state index in [0.29, 0.717) is 10.2 Å². The number of pyridine rings is 1. The Balaban J connectivity index is 2.42. The summed E-state index contributed by atoms with van der Waals surface area (Å²) in [5.41, 5.74) is 0.947. The number of aromatic nitrogens is 2. The Labute approximate surface area is 153 Å². The van der Waals surface area contributed by atoms with Gasteiger partial charge in [0, 0.05) is 19.4 Å². The lowest BCUT2D eigenvalue weighted by Gasteiger charge is -2.02. The molecule has 0 radical (unpaired) electrons. The van der Waals surface area contributed by atoms with Gasteiger partial charge in [0.25, 0.3) is 11.5 Å². The number of benzene rings is 1. The van der Waals surface area contributed by atoms with Crippen molar-refractivity contribution in [1.82, 2.24) is 14.9 Å². The van der Waals surface area contributed by atoms with Crippen LogP contribution in [0.15, 0.2) is 59.7 Å². The smallest absolute Gasteiger partial charge is 0.273 e. The van der Waals surface area contributed by atoms with Gasteiger partial charge in [0.2, 0.25) is 0 Å². The van der Waals surface area contributed by atoms with Gasteiger partial charge < -0.3 is 5.32 Å². The fourth-order valence-corrected chi connectivity index (χ4v) is 3.50. The van der Waals surface area contributed by atoms with E-state index in [0.717, 1.165) is 16.9 Å². The Morgan fingerprint density at radius 1 is 1.27 bits per heavy atom. The summed E-state index contributed by atoms with van der Waals surface area (Å²) in [7, 11) is 1.45. The van der Waals surface area contributed by atoms with Crippen molar-refractivity contribution in [3.63, 3.8) is 0 Å². The molecule has 0 bridgehead atoms. The molecule has 2 heterocycles. The molecule has 0 atom stereocenters. The molecule has 7 heteroatoms. The Bertz CT molecular complexity index is 1160. The number of amides is 1. The first-order valence-electron chi connectivity index (χ1n) is 7.71. The molecule has 0 saturated carbocycles. The van der Waals surface area contributed by atoms with Crippen molar-refractivity contribution in [3.8, 4) is 11.8 Å². The van der Waals surface area contributed by atoms with E-state index >= 15 is 0 Å². The molecule has 128 valence electrons. The number of nitrogens with zero attached hydrogens (tertiary/aromatic N) is 3. The van der Waals surface area contributed by atoms with Crippen LogP contribution in [0.2, 0.25) is 0 Å². The molecule has 1 aromatic carbocycles. The zero-order valence-corrected chi connectivity index (χ0v) is 14.7. The van der Waals surface area contributed by atoms with Crippen molar-refractivity contribution in [3.05, 3.63) is 80.0 Å². The van der Waals surface area contributed by atoms with Gasteiger partial charge in [-0.3, -0.25) is 19.1 Å². The molecule has 1 N–H and O–H groups in total. The second kappa shape index (κ2) is 7.59. The van der Waals surface area contributed by atoms with E-state index in [1.54, 1.807) is 48.8 Å². The maximum absolute atomic E-state index is 13.0. The van der Waals surface area contributed by atoms with Crippen LogP contribution in [-0.2, 0) is 4.79 Å². The molecule has 0 saturated heterocycles. The van der Waals surface area contributed by atoms with Crippen molar-refractivity contribution in [2.75, 3.05) is 7.05 Å². The highest BCUT2D eigenvalue weighted by molar-refractivity contribution is 7.07. The van der Waals surface area contributed by atoms with Gasteiger partial charge in [0.1, 0.15) is 10.7 Å². The zero-order valence-electron chi connectivity index (χ0n) is 13.8. The van der Waals surface area contributed by atoms with Crippen molar-refractivity contribution in [2.24, 2.45) is 0 Å². The van der Waals surface area contributed by atoms with Crippen molar-refractivity contribution in [1.29, 1.82) is 5.26 Å². The third-order valence-corrected chi connectivity index (χ3v) is 4.69. The average molecular weight is 362 g/mol. The maximum Gasteiger partial charge on any atom is 0.273 e. The Kier molecular flexibility index (Phi) is 5.06. The largest absolute Gasteiger partial charge is 0.354 e. The van der Waals surface area contributed by atoms with E-state index < -0.39 is 5.91 Å². The lowest BCUT2D eigenvalue weighted by atomic mass is 10.2. The standard InChI is InChI=1S/C19H14N4O2S/c1-21-17(24)15(11-20)19-23(14-7-3-2-4-8-14)18(25)16(26-19)10-13-6-5-9-22-12-13/h2-10,12H,1H3,(H,21,24). The van der Waals surface area contributed by atoms with Gasteiger partial charge in [-0.25, -0.2) is 0 Å². The van der Waals surface area contributed by atoms with Gasteiger partial charge in [-0.05, 0) is 29.8 Å². The fraction of sp³-hybridized carbons (Fsp3) is 0.0526. The van der Waals surface area contributed by atoms with Crippen LogP contribution in [0, 0.1) is 11.3 Å². The molecular formula is C19H14N4O2S. The molecule has 3 aromatic rings. The summed E-state index contributed by atoms with van der Waals surface area (Å²) >= 11 is 1.10. The minimum atomic E-state index is -0.536. The molecule has 0 aliphatic rings. The highest BCUT2D eigenvalue weighted by atomic mass is 32.1. The van der Waals surface area contributed by atoms with Crippen LogP contribution >= 0.6 is 11.3 Å². The van der Waals surface area contributed by atoms with Gasteiger partial charge in [-0.15, -0.1) is 11.3 Å². The van der Waals surface area contributed by atoms with Gasteiger partial charge in [-0.1, -0.05) is 24.3 Å². The number of hydrogen-bond donors (Lipinski definition) is 1. The molecule has 0 aliphatic carbocycles. The topological polar surface area (TPSA) is 87.8 Å². The lowest BCUT2D eigenvalue weighted by molar-refractivity contribution is -0.115. The van der Waals surface area contributed by atoms with Crippen LogP contribution in [0.1, 0.15) is 5.56 Å². The van der Waals surface area contributed by atoms with Crippen LogP contribution in [0.3, 0.4) is 0 Å². The maximum atomic E-state index is 13.0. The number of para-hydroxylation sites is 1. The zero-order chi connectivity index (χ0) is 18.5. The van der Waals surface area contributed by atoms with Crippen LogP contribution < -0.4 is 20.1 Å². The Hall–Kier alpha value is -3.50. The number of nitrogens with one attached hydrogen (secondary N) is 1. The predicted molar refractivity (Wildman–Crippen MR) is 100 cm³/mol. The molecule has 6 nitrogen and oxygen atoms in total. The quantitative estimate of drug-likeness (QED) is 0.737. The number of hydrogen-bond acceptors (Lipinski definition) is 5. The molecule has 0 fully saturated rings. The first kappa shape index (κ1) is 17.3. The third-order valence-electron chi connectivity index (χ3n) is 3.60. The van der Waals surface area contributed by atoms with E-state index in [-0.39, 0.29) is 15.8 Å². The molecular weight excluding hydrogens is 348 g/mol. The monoisotopic (exact) mass is 362 g/mol. The van der Waals surface area contributed by atoms with Crippen LogP contribution in [0.5, 0.6) is 0 Å². The predicted octanol–water partition coefficient (Wildman–Crippen LogP) is 0.543.